The second kappa shape index (κ2) is 7.83. The van der Waals surface area contributed by atoms with Gasteiger partial charge in [0, 0.05) is 17.4 Å². The Bertz CT molecular complexity index is 892. The maximum Gasteiger partial charge on any atom is 0.433 e. The van der Waals surface area contributed by atoms with Crippen LogP contribution in [0.5, 0.6) is 0 Å². The highest BCUT2D eigenvalue weighted by atomic mass is 19.4. The fraction of sp³-hybridized carbons (Fsp3) is 0.278. The normalized spacial score (nSPS) is 11.7. The molecule has 6 nitrogen and oxygen atoms in total. The minimum atomic E-state index is -4.72. The summed E-state index contributed by atoms with van der Waals surface area (Å²) in [4.78, 5) is 27.1. The molecular weight excluding hydrogens is 382 g/mol. The predicted molar refractivity (Wildman–Crippen MR) is 93.4 cm³/mol. The lowest BCUT2D eigenvalue weighted by molar-refractivity contribution is -0.141. The van der Waals surface area contributed by atoms with Crippen LogP contribution in [-0.4, -0.2) is 22.6 Å². The van der Waals surface area contributed by atoms with Gasteiger partial charge in [0.15, 0.2) is 0 Å². The molecule has 0 saturated heterocycles. The number of alkyl halides is 3. The molecule has 0 aliphatic heterocycles. The highest BCUT2D eigenvalue weighted by molar-refractivity contribution is 6.04. The molecule has 1 aromatic heterocycles. The van der Waals surface area contributed by atoms with Crippen LogP contribution < -0.4 is 10.6 Å². The van der Waals surface area contributed by atoms with Crippen molar-refractivity contribution >= 4 is 23.4 Å². The molecule has 0 bridgehead atoms. The summed E-state index contributed by atoms with van der Waals surface area (Å²) in [6.45, 7) is 4.98. The first-order valence-electron chi connectivity index (χ1n) is 7.99. The van der Waals surface area contributed by atoms with Crippen LogP contribution in [0, 0.1) is 5.82 Å². The van der Waals surface area contributed by atoms with E-state index in [1.807, 2.05) is 0 Å². The molecule has 1 heterocycles. The van der Waals surface area contributed by atoms with Crippen LogP contribution in [0.25, 0.3) is 0 Å². The quantitative estimate of drug-likeness (QED) is 0.724. The van der Waals surface area contributed by atoms with Gasteiger partial charge in [0.1, 0.15) is 17.1 Å². The summed E-state index contributed by atoms with van der Waals surface area (Å²) in [5.74, 6) is -1.81. The van der Waals surface area contributed by atoms with E-state index in [2.05, 4.69) is 15.6 Å². The Kier molecular flexibility index (Phi) is 5.91. The van der Waals surface area contributed by atoms with Crippen LogP contribution in [0.3, 0.4) is 0 Å². The van der Waals surface area contributed by atoms with E-state index in [-0.39, 0.29) is 16.9 Å². The molecule has 2 aromatic rings. The molecule has 2 amide bonds. The van der Waals surface area contributed by atoms with Crippen molar-refractivity contribution in [3.05, 3.63) is 53.6 Å². The Balaban J connectivity index is 2.18. The van der Waals surface area contributed by atoms with Gasteiger partial charge >= 0.3 is 12.3 Å². The molecule has 0 unspecified atom stereocenters. The highest BCUT2D eigenvalue weighted by Crippen LogP contribution is 2.28. The Morgan fingerprint density at radius 1 is 1.04 bits per heavy atom. The second-order valence-electron chi connectivity index (χ2n) is 6.70. The first-order valence-corrected chi connectivity index (χ1v) is 7.99. The van der Waals surface area contributed by atoms with Gasteiger partial charge in [0.25, 0.3) is 5.91 Å². The molecular formula is C18H17F4N3O3. The van der Waals surface area contributed by atoms with Gasteiger partial charge in [-0.15, -0.1) is 0 Å². The van der Waals surface area contributed by atoms with Gasteiger partial charge in [-0.1, -0.05) is 0 Å². The van der Waals surface area contributed by atoms with Gasteiger partial charge in [-0.3, -0.25) is 15.1 Å². The minimum Gasteiger partial charge on any atom is -0.444 e. The topological polar surface area (TPSA) is 80.3 Å². The number of rotatable bonds is 3. The van der Waals surface area contributed by atoms with Crippen LogP contribution in [0.1, 0.15) is 36.8 Å². The lowest BCUT2D eigenvalue weighted by Gasteiger charge is -2.20. The van der Waals surface area contributed by atoms with Crippen molar-refractivity contribution in [2.24, 2.45) is 0 Å². The number of carbonyl (C=O) groups is 2. The number of nitrogens with zero attached hydrogens (tertiary/aromatic N) is 1. The molecule has 150 valence electrons. The van der Waals surface area contributed by atoms with Gasteiger partial charge in [-0.05, 0) is 51.1 Å². The summed E-state index contributed by atoms with van der Waals surface area (Å²) in [5.41, 5.74) is -2.56. The predicted octanol–water partition coefficient (Wildman–Crippen LogP) is 4.84. The fourth-order valence-corrected chi connectivity index (χ4v) is 2.04. The maximum absolute atomic E-state index is 14.0. The second-order valence-corrected chi connectivity index (χ2v) is 6.70. The number of hydrogen-bond acceptors (Lipinski definition) is 4. The number of pyridine rings is 1. The lowest BCUT2D eigenvalue weighted by atomic mass is 10.2. The van der Waals surface area contributed by atoms with E-state index in [0.717, 1.165) is 24.4 Å². The van der Waals surface area contributed by atoms with Gasteiger partial charge in [0.2, 0.25) is 0 Å². The Morgan fingerprint density at radius 3 is 2.32 bits per heavy atom. The maximum atomic E-state index is 14.0. The van der Waals surface area contributed by atoms with Crippen LogP contribution >= 0.6 is 0 Å². The third-order valence-corrected chi connectivity index (χ3v) is 3.17. The first kappa shape index (κ1) is 21.1. The van der Waals surface area contributed by atoms with Crippen molar-refractivity contribution < 1.29 is 31.9 Å². The summed E-state index contributed by atoms with van der Waals surface area (Å²) in [7, 11) is 0. The number of carbonyl (C=O) groups excluding carboxylic acids is 2. The monoisotopic (exact) mass is 399 g/mol. The van der Waals surface area contributed by atoms with Crippen molar-refractivity contribution in [3.8, 4) is 0 Å². The van der Waals surface area contributed by atoms with E-state index in [9.17, 15) is 27.2 Å². The number of nitrogens with one attached hydrogen (secondary N) is 2. The van der Waals surface area contributed by atoms with Crippen LogP contribution in [0.15, 0.2) is 36.5 Å². The van der Waals surface area contributed by atoms with Gasteiger partial charge < -0.3 is 10.1 Å². The third kappa shape index (κ3) is 5.93. The number of ether oxygens (including phenoxy) is 1. The zero-order valence-electron chi connectivity index (χ0n) is 15.1. The molecule has 0 fully saturated rings. The molecule has 2 N–H and O–H groups in total. The smallest absolute Gasteiger partial charge is 0.433 e. The van der Waals surface area contributed by atoms with E-state index in [1.165, 1.54) is 6.07 Å². The molecule has 2 rings (SSSR count). The van der Waals surface area contributed by atoms with Crippen LogP contribution in [0.2, 0.25) is 0 Å². The molecule has 1 aromatic carbocycles. The van der Waals surface area contributed by atoms with Crippen LogP contribution in [-0.2, 0) is 10.9 Å². The van der Waals surface area contributed by atoms with E-state index in [1.54, 1.807) is 20.8 Å². The van der Waals surface area contributed by atoms with Crippen molar-refractivity contribution in [1.82, 2.24) is 4.98 Å². The van der Waals surface area contributed by atoms with Gasteiger partial charge in [-0.25, -0.2) is 9.18 Å². The fourth-order valence-electron chi connectivity index (χ4n) is 2.04. The number of anilines is 2. The van der Waals surface area contributed by atoms with E-state index >= 15 is 0 Å². The Labute approximate surface area is 157 Å². The molecule has 0 atom stereocenters. The summed E-state index contributed by atoms with van der Waals surface area (Å²) in [6.07, 6.45) is -4.69. The zero-order chi connectivity index (χ0) is 21.1. The molecule has 0 spiro atoms. The average Bonchev–Trinajstić information content (AvgIpc) is 2.55. The summed E-state index contributed by atoms with van der Waals surface area (Å²) >= 11 is 0. The molecule has 0 saturated carbocycles. The number of benzene rings is 1. The van der Waals surface area contributed by atoms with Crippen molar-refractivity contribution in [1.29, 1.82) is 0 Å². The summed E-state index contributed by atoms with van der Waals surface area (Å²) < 4.78 is 57.2. The van der Waals surface area contributed by atoms with Crippen molar-refractivity contribution in [2.75, 3.05) is 10.6 Å². The summed E-state index contributed by atoms with van der Waals surface area (Å²) in [5, 5.41) is 4.54. The SMILES string of the molecule is CC(C)(C)OC(=O)Nc1ccc(F)c(NC(=O)c2ccnc(C(F)(F)F)c2)c1. The first-order chi connectivity index (χ1) is 12.8. The average molecular weight is 399 g/mol. The lowest BCUT2D eigenvalue weighted by Crippen LogP contribution is -2.27. The third-order valence-electron chi connectivity index (χ3n) is 3.17. The Hall–Kier alpha value is -3.17. The van der Waals surface area contributed by atoms with Gasteiger partial charge in [-0.2, -0.15) is 13.2 Å². The largest absolute Gasteiger partial charge is 0.444 e. The summed E-state index contributed by atoms with van der Waals surface area (Å²) in [6, 6.07) is 4.95. The van der Waals surface area contributed by atoms with Crippen molar-refractivity contribution in [3.63, 3.8) is 0 Å². The number of aromatic nitrogens is 1. The van der Waals surface area contributed by atoms with Gasteiger partial charge in [0.05, 0.1) is 5.69 Å². The molecule has 10 heteroatoms. The molecule has 0 aliphatic rings. The zero-order valence-corrected chi connectivity index (χ0v) is 15.1. The van der Waals surface area contributed by atoms with E-state index in [0.29, 0.717) is 6.07 Å². The van der Waals surface area contributed by atoms with E-state index in [4.69, 9.17) is 4.74 Å². The Morgan fingerprint density at radius 2 is 1.71 bits per heavy atom. The molecule has 0 aliphatic carbocycles. The minimum absolute atomic E-state index is 0.122. The number of halogens is 4. The molecule has 28 heavy (non-hydrogen) atoms. The highest BCUT2D eigenvalue weighted by Gasteiger charge is 2.33. The van der Waals surface area contributed by atoms with Crippen molar-refractivity contribution in [2.45, 2.75) is 32.5 Å². The number of hydrogen-bond donors (Lipinski definition) is 2. The standard InChI is InChI=1S/C18H17F4N3O3/c1-17(2,3)28-16(27)24-11-4-5-12(19)13(9-11)25-15(26)10-6-7-23-14(8-10)18(20,21)22/h4-9H,1-3H3,(H,24,27)(H,25,26). The van der Waals surface area contributed by atoms with Crippen LogP contribution in [0.4, 0.5) is 33.7 Å². The number of amides is 2. The van der Waals surface area contributed by atoms with E-state index < -0.39 is 35.3 Å². The molecule has 0 radical (unpaired) electrons.